The lowest BCUT2D eigenvalue weighted by Crippen LogP contribution is -2.31. The highest BCUT2D eigenvalue weighted by molar-refractivity contribution is 5.53. The maximum absolute atomic E-state index is 6.05. The largest absolute Gasteiger partial charge is 0.494 e. The fourth-order valence-corrected chi connectivity index (χ4v) is 4.25. The maximum atomic E-state index is 6.05. The summed E-state index contributed by atoms with van der Waals surface area (Å²) < 4.78 is 6.05. The maximum Gasteiger partial charge on any atom is 0.119 e. The minimum Gasteiger partial charge on any atom is -0.494 e. The van der Waals surface area contributed by atoms with Crippen LogP contribution in [0.3, 0.4) is 0 Å². The molecular weight excluding hydrogens is 306 g/mol. The summed E-state index contributed by atoms with van der Waals surface area (Å²) in [5.41, 5.74) is 4.34. The Labute approximate surface area is 151 Å². The van der Waals surface area contributed by atoms with E-state index in [-0.39, 0.29) is 0 Å². The van der Waals surface area contributed by atoms with Crippen molar-refractivity contribution in [2.24, 2.45) is 0 Å². The topological polar surface area (TPSA) is 12.5 Å². The van der Waals surface area contributed by atoms with Crippen LogP contribution in [-0.2, 0) is 0 Å². The number of likely N-dealkylation sites (tertiary alicyclic amines) is 1. The van der Waals surface area contributed by atoms with Crippen molar-refractivity contribution in [3.63, 3.8) is 0 Å². The number of hydrogen-bond acceptors (Lipinski definition) is 2. The molecule has 1 atom stereocenters. The van der Waals surface area contributed by atoms with E-state index in [2.05, 4.69) is 53.5 Å². The van der Waals surface area contributed by atoms with E-state index in [0.717, 1.165) is 18.8 Å². The standard InChI is InChI=1S/C23H29NO/c1-4-14-24(15-5-1)16-7-17-25-21-10-6-9-20(18-21)23-13-12-19-8-2-3-11-22(19)23/h3,6,9-13,18,23H,1-2,4-5,7-8,14-17H2. The summed E-state index contributed by atoms with van der Waals surface area (Å²) in [6.45, 7) is 4.53. The number of nitrogens with zero attached hydrogens (tertiary/aromatic N) is 1. The lowest BCUT2D eigenvalue weighted by atomic mass is 9.89. The van der Waals surface area contributed by atoms with Gasteiger partial charge in [-0.05, 0) is 74.0 Å². The zero-order chi connectivity index (χ0) is 16.9. The molecule has 0 aromatic heterocycles. The Bertz CT molecular complexity index is 679. The fraction of sp³-hybridized carbons (Fsp3) is 0.478. The van der Waals surface area contributed by atoms with Gasteiger partial charge in [-0.3, -0.25) is 0 Å². The molecule has 1 aromatic carbocycles. The molecule has 1 aliphatic heterocycles. The molecule has 0 bridgehead atoms. The summed E-state index contributed by atoms with van der Waals surface area (Å²) in [5.74, 6) is 1.42. The van der Waals surface area contributed by atoms with Gasteiger partial charge in [0.15, 0.2) is 0 Å². The van der Waals surface area contributed by atoms with Crippen LogP contribution in [0.4, 0.5) is 0 Å². The van der Waals surface area contributed by atoms with E-state index < -0.39 is 0 Å². The van der Waals surface area contributed by atoms with Crippen molar-refractivity contribution in [1.29, 1.82) is 0 Å². The second kappa shape index (κ2) is 8.05. The molecule has 2 aliphatic carbocycles. The molecule has 2 nitrogen and oxygen atoms in total. The average molecular weight is 335 g/mol. The van der Waals surface area contributed by atoms with Crippen molar-refractivity contribution < 1.29 is 4.74 Å². The summed E-state index contributed by atoms with van der Waals surface area (Å²) >= 11 is 0. The predicted molar refractivity (Wildman–Crippen MR) is 104 cm³/mol. The molecular formula is C23H29NO. The monoisotopic (exact) mass is 335 g/mol. The molecule has 0 spiro atoms. The highest BCUT2D eigenvalue weighted by atomic mass is 16.5. The van der Waals surface area contributed by atoms with Gasteiger partial charge in [-0.1, -0.05) is 42.9 Å². The van der Waals surface area contributed by atoms with Crippen molar-refractivity contribution in [2.45, 2.75) is 44.4 Å². The number of ether oxygens (including phenoxy) is 1. The quantitative estimate of drug-likeness (QED) is 0.659. The molecule has 1 heterocycles. The normalized spacial score (nSPS) is 23.1. The molecule has 1 saturated heterocycles. The molecule has 25 heavy (non-hydrogen) atoms. The summed E-state index contributed by atoms with van der Waals surface area (Å²) in [7, 11) is 0. The predicted octanol–water partition coefficient (Wildman–Crippen LogP) is 5.24. The Morgan fingerprint density at radius 1 is 1.08 bits per heavy atom. The molecule has 1 fully saturated rings. The van der Waals surface area contributed by atoms with E-state index in [1.165, 1.54) is 68.4 Å². The van der Waals surface area contributed by atoms with Crippen LogP contribution in [0.15, 0.2) is 59.7 Å². The molecule has 4 rings (SSSR count). The number of allylic oxidation sites excluding steroid dienone is 6. The molecule has 0 saturated carbocycles. The second-order valence-corrected chi connectivity index (χ2v) is 7.44. The Balaban J connectivity index is 1.32. The second-order valence-electron chi connectivity index (χ2n) is 7.44. The van der Waals surface area contributed by atoms with Crippen LogP contribution in [0.1, 0.15) is 50.0 Å². The minimum absolute atomic E-state index is 0.406. The van der Waals surface area contributed by atoms with Crippen LogP contribution >= 0.6 is 0 Å². The van der Waals surface area contributed by atoms with Crippen molar-refractivity contribution >= 4 is 0 Å². The number of hydrogen-bond donors (Lipinski definition) is 0. The van der Waals surface area contributed by atoms with Crippen LogP contribution in [0.5, 0.6) is 5.75 Å². The Kier molecular flexibility index (Phi) is 5.37. The van der Waals surface area contributed by atoms with Crippen LogP contribution < -0.4 is 4.74 Å². The SMILES string of the molecule is C1=CC2=C(C=CC2c2cccc(OCCCN3CCCCC3)c2)CC1. The molecule has 1 aromatic rings. The number of piperidine rings is 1. The van der Waals surface area contributed by atoms with Crippen molar-refractivity contribution in [1.82, 2.24) is 4.90 Å². The van der Waals surface area contributed by atoms with Gasteiger partial charge in [-0.2, -0.15) is 0 Å². The molecule has 2 heteroatoms. The smallest absolute Gasteiger partial charge is 0.119 e. The summed E-state index contributed by atoms with van der Waals surface area (Å²) in [5, 5.41) is 0. The average Bonchev–Trinajstić information content (AvgIpc) is 3.11. The van der Waals surface area contributed by atoms with Gasteiger partial charge in [0.1, 0.15) is 5.75 Å². The highest BCUT2D eigenvalue weighted by Gasteiger charge is 2.21. The van der Waals surface area contributed by atoms with Crippen LogP contribution in [0.25, 0.3) is 0 Å². The molecule has 0 N–H and O–H groups in total. The van der Waals surface area contributed by atoms with Gasteiger partial charge in [0.2, 0.25) is 0 Å². The van der Waals surface area contributed by atoms with Crippen molar-refractivity contribution in [3.05, 3.63) is 65.3 Å². The van der Waals surface area contributed by atoms with Crippen LogP contribution in [0.2, 0.25) is 0 Å². The first-order chi connectivity index (χ1) is 12.4. The summed E-state index contributed by atoms with van der Waals surface area (Å²) in [6.07, 6.45) is 16.9. The third-order valence-electron chi connectivity index (χ3n) is 5.63. The highest BCUT2D eigenvalue weighted by Crippen LogP contribution is 2.39. The van der Waals surface area contributed by atoms with E-state index in [0.29, 0.717) is 5.92 Å². The van der Waals surface area contributed by atoms with Crippen molar-refractivity contribution in [2.75, 3.05) is 26.2 Å². The first kappa shape index (κ1) is 16.7. The van der Waals surface area contributed by atoms with E-state index in [4.69, 9.17) is 4.74 Å². The Hall–Kier alpha value is -1.80. The lowest BCUT2D eigenvalue weighted by molar-refractivity contribution is 0.205. The van der Waals surface area contributed by atoms with E-state index >= 15 is 0 Å². The van der Waals surface area contributed by atoms with Gasteiger partial charge in [0.25, 0.3) is 0 Å². The zero-order valence-corrected chi connectivity index (χ0v) is 15.1. The number of benzene rings is 1. The summed E-state index contributed by atoms with van der Waals surface area (Å²) in [6, 6.07) is 8.69. The lowest BCUT2D eigenvalue weighted by Gasteiger charge is -2.26. The molecule has 132 valence electrons. The Morgan fingerprint density at radius 3 is 2.92 bits per heavy atom. The zero-order valence-electron chi connectivity index (χ0n) is 15.1. The van der Waals surface area contributed by atoms with Crippen LogP contribution in [-0.4, -0.2) is 31.1 Å². The molecule has 0 radical (unpaired) electrons. The van der Waals surface area contributed by atoms with E-state index in [1.807, 2.05) is 0 Å². The third-order valence-corrected chi connectivity index (χ3v) is 5.63. The minimum atomic E-state index is 0.406. The Morgan fingerprint density at radius 2 is 2.00 bits per heavy atom. The third kappa shape index (κ3) is 4.07. The number of rotatable bonds is 6. The van der Waals surface area contributed by atoms with E-state index in [1.54, 1.807) is 0 Å². The van der Waals surface area contributed by atoms with Crippen LogP contribution in [0, 0.1) is 0 Å². The van der Waals surface area contributed by atoms with Gasteiger partial charge in [-0.25, -0.2) is 0 Å². The van der Waals surface area contributed by atoms with Gasteiger partial charge in [0, 0.05) is 12.5 Å². The molecule has 1 unspecified atom stereocenters. The fourth-order valence-electron chi connectivity index (χ4n) is 4.25. The molecule has 3 aliphatic rings. The van der Waals surface area contributed by atoms with Gasteiger partial charge in [0.05, 0.1) is 6.61 Å². The first-order valence-corrected chi connectivity index (χ1v) is 9.93. The van der Waals surface area contributed by atoms with Crippen molar-refractivity contribution in [3.8, 4) is 5.75 Å². The van der Waals surface area contributed by atoms with Gasteiger partial charge in [-0.15, -0.1) is 0 Å². The molecule has 0 amide bonds. The van der Waals surface area contributed by atoms with E-state index in [9.17, 15) is 0 Å². The first-order valence-electron chi connectivity index (χ1n) is 9.93. The van der Waals surface area contributed by atoms with Gasteiger partial charge >= 0.3 is 0 Å². The summed E-state index contributed by atoms with van der Waals surface area (Å²) in [4.78, 5) is 2.58. The van der Waals surface area contributed by atoms with Gasteiger partial charge < -0.3 is 9.64 Å².